The molecule has 7 heteroatoms. The van der Waals surface area contributed by atoms with Crippen LogP contribution in [0.3, 0.4) is 0 Å². The van der Waals surface area contributed by atoms with Crippen LogP contribution in [0.5, 0.6) is 5.75 Å². The van der Waals surface area contributed by atoms with Crippen molar-refractivity contribution in [2.75, 3.05) is 7.11 Å². The van der Waals surface area contributed by atoms with E-state index in [-0.39, 0.29) is 11.6 Å². The highest BCUT2D eigenvalue weighted by Crippen LogP contribution is 2.17. The number of carbonyl (C=O) groups is 1. The molecule has 0 aliphatic carbocycles. The van der Waals surface area contributed by atoms with E-state index in [9.17, 15) is 4.79 Å². The Morgan fingerprint density at radius 1 is 1.25 bits per heavy atom. The lowest BCUT2D eigenvalue weighted by Crippen LogP contribution is -2.23. The predicted molar refractivity (Wildman–Crippen MR) is 90.5 cm³/mol. The Kier molecular flexibility index (Phi) is 4.77. The van der Waals surface area contributed by atoms with E-state index in [1.807, 2.05) is 30.3 Å². The maximum atomic E-state index is 12.2. The van der Waals surface area contributed by atoms with E-state index in [1.165, 1.54) is 4.68 Å². The van der Waals surface area contributed by atoms with Gasteiger partial charge in [-0.2, -0.15) is 0 Å². The molecule has 2 aromatic carbocycles. The molecule has 0 aliphatic rings. The van der Waals surface area contributed by atoms with E-state index in [0.29, 0.717) is 11.6 Å². The van der Waals surface area contributed by atoms with Gasteiger partial charge < -0.3 is 10.1 Å². The van der Waals surface area contributed by atoms with Gasteiger partial charge in [0.05, 0.1) is 19.0 Å². The van der Waals surface area contributed by atoms with E-state index in [0.717, 1.165) is 17.0 Å². The lowest BCUT2D eigenvalue weighted by Gasteiger charge is -2.08. The van der Waals surface area contributed by atoms with Crippen molar-refractivity contribution in [2.24, 2.45) is 0 Å². The van der Waals surface area contributed by atoms with E-state index in [2.05, 4.69) is 15.6 Å². The number of halogens is 1. The third-order valence-electron chi connectivity index (χ3n) is 3.43. The summed E-state index contributed by atoms with van der Waals surface area (Å²) in [4.78, 5) is 12.2. The number of carbonyl (C=O) groups excluding carboxylic acids is 1. The second kappa shape index (κ2) is 7.14. The highest BCUT2D eigenvalue weighted by atomic mass is 35.5. The van der Waals surface area contributed by atoms with Crippen molar-refractivity contribution in [3.8, 4) is 11.4 Å². The number of ether oxygens (including phenoxy) is 1. The molecule has 3 rings (SSSR count). The van der Waals surface area contributed by atoms with Gasteiger partial charge in [-0.25, -0.2) is 4.68 Å². The van der Waals surface area contributed by atoms with Crippen LogP contribution in [0.1, 0.15) is 16.1 Å². The van der Waals surface area contributed by atoms with Crippen LogP contribution >= 0.6 is 11.6 Å². The first-order chi connectivity index (χ1) is 11.7. The largest absolute Gasteiger partial charge is 0.496 e. The van der Waals surface area contributed by atoms with Crippen molar-refractivity contribution in [2.45, 2.75) is 6.54 Å². The maximum Gasteiger partial charge on any atom is 0.273 e. The van der Waals surface area contributed by atoms with Crippen molar-refractivity contribution < 1.29 is 9.53 Å². The molecular formula is C17H15ClN4O2. The van der Waals surface area contributed by atoms with Crippen LogP contribution in [0.4, 0.5) is 0 Å². The zero-order chi connectivity index (χ0) is 16.9. The van der Waals surface area contributed by atoms with E-state index in [1.54, 1.807) is 31.5 Å². The summed E-state index contributed by atoms with van der Waals surface area (Å²) < 4.78 is 6.76. The molecule has 0 fully saturated rings. The topological polar surface area (TPSA) is 69.0 Å². The third kappa shape index (κ3) is 3.55. The summed E-state index contributed by atoms with van der Waals surface area (Å²) in [7, 11) is 1.59. The molecular weight excluding hydrogens is 328 g/mol. The van der Waals surface area contributed by atoms with Gasteiger partial charge in [0.2, 0.25) is 0 Å². The number of hydrogen-bond acceptors (Lipinski definition) is 4. The lowest BCUT2D eigenvalue weighted by molar-refractivity contribution is 0.0945. The summed E-state index contributed by atoms with van der Waals surface area (Å²) in [5, 5.41) is 11.3. The molecule has 1 N–H and O–H groups in total. The molecule has 0 atom stereocenters. The van der Waals surface area contributed by atoms with Crippen molar-refractivity contribution >= 4 is 17.5 Å². The van der Waals surface area contributed by atoms with Crippen molar-refractivity contribution in [3.63, 3.8) is 0 Å². The molecule has 6 nitrogen and oxygen atoms in total. The first kappa shape index (κ1) is 16.0. The minimum absolute atomic E-state index is 0.227. The Bertz CT molecular complexity index is 863. The number of rotatable bonds is 5. The fourth-order valence-electron chi connectivity index (χ4n) is 2.23. The number of amides is 1. The quantitative estimate of drug-likeness (QED) is 0.774. The molecule has 1 amide bonds. The molecule has 1 heterocycles. The molecule has 1 aromatic heterocycles. The fourth-order valence-corrected chi connectivity index (χ4v) is 2.41. The van der Waals surface area contributed by atoms with E-state index < -0.39 is 0 Å². The van der Waals surface area contributed by atoms with Gasteiger partial charge in [-0.3, -0.25) is 4.79 Å². The van der Waals surface area contributed by atoms with Gasteiger partial charge in [0.25, 0.3) is 5.91 Å². The lowest BCUT2D eigenvalue weighted by atomic mass is 10.2. The van der Waals surface area contributed by atoms with Crippen LogP contribution in [0.25, 0.3) is 5.69 Å². The molecule has 0 radical (unpaired) electrons. The zero-order valence-corrected chi connectivity index (χ0v) is 13.7. The molecule has 0 aliphatic heterocycles. The minimum atomic E-state index is -0.311. The second-order valence-electron chi connectivity index (χ2n) is 5.02. The molecule has 122 valence electrons. The van der Waals surface area contributed by atoms with Gasteiger partial charge in [-0.05, 0) is 24.3 Å². The number of hydrogen-bond donors (Lipinski definition) is 1. The number of nitrogens with zero attached hydrogens (tertiary/aromatic N) is 3. The summed E-state index contributed by atoms with van der Waals surface area (Å²) in [5.74, 6) is 0.412. The van der Waals surface area contributed by atoms with Crippen LogP contribution in [-0.4, -0.2) is 28.0 Å². The summed E-state index contributed by atoms with van der Waals surface area (Å²) in [6.07, 6.45) is 1.56. The second-order valence-corrected chi connectivity index (χ2v) is 5.46. The molecule has 3 aromatic rings. The van der Waals surface area contributed by atoms with E-state index in [4.69, 9.17) is 16.3 Å². The van der Waals surface area contributed by atoms with Gasteiger partial charge in [-0.15, -0.1) is 5.10 Å². The van der Waals surface area contributed by atoms with E-state index >= 15 is 0 Å². The first-order valence-corrected chi connectivity index (χ1v) is 7.63. The molecule has 24 heavy (non-hydrogen) atoms. The average molecular weight is 343 g/mol. The standard InChI is InChI=1S/C17H15ClN4O2/c1-24-16-8-3-2-5-12(16)10-19-17(23)15-11-22(21-20-15)14-7-4-6-13(18)9-14/h2-9,11H,10H2,1H3,(H,19,23). The minimum Gasteiger partial charge on any atom is -0.496 e. The van der Waals surface area contributed by atoms with Gasteiger partial charge >= 0.3 is 0 Å². The predicted octanol–water partition coefficient (Wildman–Crippen LogP) is 2.86. The van der Waals surface area contributed by atoms with Gasteiger partial charge in [0.15, 0.2) is 5.69 Å². The van der Waals surface area contributed by atoms with Crippen LogP contribution in [0, 0.1) is 0 Å². The smallest absolute Gasteiger partial charge is 0.273 e. The SMILES string of the molecule is COc1ccccc1CNC(=O)c1cn(-c2cccc(Cl)c2)nn1. The summed E-state index contributed by atoms with van der Waals surface area (Å²) in [6.45, 7) is 0.340. The number of benzene rings is 2. The highest BCUT2D eigenvalue weighted by Gasteiger charge is 2.12. The van der Waals surface area contributed by atoms with Gasteiger partial charge in [-0.1, -0.05) is 41.1 Å². The van der Waals surface area contributed by atoms with Crippen molar-refractivity contribution in [1.82, 2.24) is 20.3 Å². The highest BCUT2D eigenvalue weighted by molar-refractivity contribution is 6.30. The summed E-state index contributed by atoms with van der Waals surface area (Å²) in [6, 6.07) is 14.6. The van der Waals surface area contributed by atoms with Crippen LogP contribution in [-0.2, 0) is 6.54 Å². The molecule has 0 saturated carbocycles. The van der Waals surface area contributed by atoms with Crippen molar-refractivity contribution in [1.29, 1.82) is 0 Å². The third-order valence-corrected chi connectivity index (χ3v) is 3.67. The molecule has 0 spiro atoms. The number of para-hydroxylation sites is 1. The maximum absolute atomic E-state index is 12.2. The Balaban J connectivity index is 1.70. The number of methoxy groups -OCH3 is 1. The Morgan fingerprint density at radius 2 is 2.08 bits per heavy atom. The first-order valence-electron chi connectivity index (χ1n) is 7.26. The summed E-state index contributed by atoms with van der Waals surface area (Å²) in [5.41, 5.74) is 1.85. The number of nitrogens with one attached hydrogen (secondary N) is 1. The normalized spacial score (nSPS) is 10.4. The van der Waals surface area contributed by atoms with Gasteiger partial charge in [0, 0.05) is 17.1 Å². The fraction of sp³-hybridized carbons (Fsp3) is 0.118. The Hall–Kier alpha value is -2.86. The van der Waals surface area contributed by atoms with Crippen molar-refractivity contribution in [3.05, 3.63) is 71.0 Å². The summed E-state index contributed by atoms with van der Waals surface area (Å²) >= 11 is 5.96. The number of aromatic nitrogens is 3. The monoisotopic (exact) mass is 342 g/mol. The van der Waals surface area contributed by atoms with Crippen LogP contribution in [0.2, 0.25) is 5.02 Å². The van der Waals surface area contributed by atoms with Crippen LogP contribution < -0.4 is 10.1 Å². The average Bonchev–Trinajstić information content (AvgIpc) is 3.10. The Morgan fingerprint density at radius 3 is 2.88 bits per heavy atom. The Labute approximate surface area is 144 Å². The molecule has 0 bridgehead atoms. The zero-order valence-electron chi connectivity index (χ0n) is 12.9. The van der Waals surface area contributed by atoms with Gasteiger partial charge in [0.1, 0.15) is 5.75 Å². The molecule has 0 unspecified atom stereocenters. The molecule has 0 saturated heterocycles. The van der Waals surface area contributed by atoms with Crippen LogP contribution in [0.15, 0.2) is 54.7 Å².